The number of benzene rings is 1. The van der Waals surface area contributed by atoms with Gasteiger partial charge in [0.15, 0.2) is 5.82 Å². The maximum atomic E-state index is 13.9. The lowest BCUT2D eigenvalue weighted by Crippen LogP contribution is -2.24. The highest BCUT2D eigenvalue weighted by Gasteiger charge is 2.20. The number of nitrogens with one attached hydrogen (secondary N) is 1. The van der Waals surface area contributed by atoms with Gasteiger partial charge in [0.1, 0.15) is 5.82 Å². The van der Waals surface area contributed by atoms with Gasteiger partial charge >= 0.3 is 0 Å². The molecule has 0 bridgehead atoms. The summed E-state index contributed by atoms with van der Waals surface area (Å²) in [5.74, 6) is 0.477. The first-order chi connectivity index (χ1) is 9.65. The summed E-state index contributed by atoms with van der Waals surface area (Å²) in [5, 5.41) is 15.1. The molecule has 108 valence electrons. The number of nitrogens with zero attached hydrogens (tertiary/aromatic N) is 4. The molecule has 1 N–H and O–H groups in total. The maximum absolute atomic E-state index is 13.9. The van der Waals surface area contributed by atoms with Crippen LogP contribution < -0.4 is 5.32 Å². The van der Waals surface area contributed by atoms with Crippen molar-refractivity contribution in [2.45, 2.75) is 39.3 Å². The van der Waals surface area contributed by atoms with E-state index in [1.165, 1.54) is 6.07 Å². The summed E-state index contributed by atoms with van der Waals surface area (Å²) < 4.78 is 15.5. The Balaban J connectivity index is 2.25. The van der Waals surface area contributed by atoms with Crippen LogP contribution in [-0.4, -0.2) is 26.8 Å². The second kappa shape index (κ2) is 6.56. The van der Waals surface area contributed by atoms with Gasteiger partial charge in [-0.2, -0.15) is 0 Å². The molecule has 0 aliphatic heterocycles. The Hall–Kier alpha value is -1.82. The smallest absolute Gasteiger partial charge is 0.168 e. The Labute approximate surface area is 118 Å². The van der Waals surface area contributed by atoms with Crippen LogP contribution in [0.1, 0.15) is 50.7 Å². The number of aromatic nitrogens is 4. The molecule has 0 saturated heterocycles. The van der Waals surface area contributed by atoms with Crippen LogP contribution in [0.3, 0.4) is 0 Å². The fraction of sp³-hybridized carbons (Fsp3) is 0.500. The third-order valence-corrected chi connectivity index (χ3v) is 3.33. The number of rotatable bonds is 6. The van der Waals surface area contributed by atoms with E-state index in [0.29, 0.717) is 11.4 Å². The van der Waals surface area contributed by atoms with Gasteiger partial charge in [0.2, 0.25) is 0 Å². The van der Waals surface area contributed by atoms with Crippen molar-refractivity contribution in [1.29, 1.82) is 0 Å². The average Bonchev–Trinajstić information content (AvgIpc) is 2.94. The first-order valence-electron chi connectivity index (χ1n) is 6.90. The van der Waals surface area contributed by atoms with Crippen LogP contribution in [0.2, 0.25) is 0 Å². The van der Waals surface area contributed by atoms with Gasteiger partial charge in [0.25, 0.3) is 0 Å². The summed E-state index contributed by atoms with van der Waals surface area (Å²) in [6.45, 7) is 6.89. The van der Waals surface area contributed by atoms with Crippen molar-refractivity contribution < 1.29 is 4.39 Å². The van der Waals surface area contributed by atoms with E-state index in [4.69, 9.17) is 0 Å². The molecule has 0 saturated carbocycles. The minimum absolute atomic E-state index is 0.0270. The van der Waals surface area contributed by atoms with Crippen LogP contribution in [-0.2, 0) is 0 Å². The van der Waals surface area contributed by atoms with Crippen molar-refractivity contribution in [1.82, 2.24) is 25.5 Å². The monoisotopic (exact) mass is 277 g/mol. The van der Waals surface area contributed by atoms with E-state index in [2.05, 4.69) is 27.8 Å². The zero-order valence-electron chi connectivity index (χ0n) is 12.0. The lowest BCUT2D eigenvalue weighted by Gasteiger charge is -2.18. The third kappa shape index (κ3) is 3.01. The third-order valence-electron chi connectivity index (χ3n) is 3.33. The molecule has 0 fully saturated rings. The molecule has 1 aromatic carbocycles. The highest BCUT2D eigenvalue weighted by molar-refractivity contribution is 5.21. The lowest BCUT2D eigenvalue weighted by molar-refractivity contribution is 0.452. The number of hydrogen-bond acceptors (Lipinski definition) is 4. The quantitative estimate of drug-likeness (QED) is 0.881. The second-order valence-electron chi connectivity index (χ2n) is 4.85. The summed E-state index contributed by atoms with van der Waals surface area (Å²) in [5.41, 5.74) is 0.587. The zero-order chi connectivity index (χ0) is 14.5. The molecule has 6 heteroatoms. The molecule has 2 atom stereocenters. The van der Waals surface area contributed by atoms with Gasteiger partial charge in [0.05, 0.1) is 12.1 Å². The summed E-state index contributed by atoms with van der Waals surface area (Å²) in [6.07, 6.45) is 1.04. The number of tetrazole rings is 1. The lowest BCUT2D eigenvalue weighted by atomic mass is 10.1. The minimum Gasteiger partial charge on any atom is -0.307 e. The van der Waals surface area contributed by atoms with Crippen LogP contribution >= 0.6 is 0 Å². The molecule has 0 aliphatic carbocycles. The predicted octanol–water partition coefficient (Wildman–Crippen LogP) is 2.48. The van der Waals surface area contributed by atoms with Gasteiger partial charge in [0, 0.05) is 5.56 Å². The van der Waals surface area contributed by atoms with Crippen LogP contribution in [0.5, 0.6) is 0 Å². The normalized spacial score (nSPS) is 14.2. The number of hydrogen-bond donors (Lipinski definition) is 1. The van der Waals surface area contributed by atoms with Gasteiger partial charge < -0.3 is 5.32 Å². The Morgan fingerprint density at radius 2 is 2.05 bits per heavy atom. The van der Waals surface area contributed by atoms with Gasteiger partial charge in [-0.3, -0.25) is 0 Å². The van der Waals surface area contributed by atoms with Gasteiger partial charge in [-0.15, -0.1) is 5.10 Å². The topological polar surface area (TPSA) is 55.6 Å². The summed E-state index contributed by atoms with van der Waals surface area (Å²) in [6, 6.07) is 6.49. The first-order valence-corrected chi connectivity index (χ1v) is 6.90. The predicted molar refractivity (Wildman–Crippen MR) is 74.7 cm³/mol. The van der Waals surface area contributed by atoms with Crippen molar-refractivity contribution in [3.05, 3.63) is 41.5 Å². The molecule has 1 heterocycles. The van der Waals surface area contributed by atoms with E-state index >= 15 is 0 Å². The highest BCUT2D eigenvalue weighted by Crippen LogP contribution is 2.22. The van der Waals surface area contributed by atoms with Crippen LogP contribution in [0.15, 0.2) is 24.3 Å². The van der Waals surface area contributed by atoms with Gasteiger partial charge in [-0.25, -0.2) is 9.07 Å². The van der Waals surface area contributed by atoms with Crippen LogP contribution in [0.25, 0.3) is 0 Å². The maximum Gasteiger partial charge on any atom is 0.168 e. The Morgan fingerprint density at radius 1 is 1.30 bits per heavy atom. The SMILES string of the molecule is CCCNC(C)c1nnnn1C(C)c1ccccc1F. The summed E-state index contributed by atoms with van der Waals surface area (Å²) in [7, 11) is 0. The molecule has 1 aromatic heterocycles. The van der Waals surface area contributed by atoms with Crippen molar-refractivity contribution in [2.24, 2.45) is 0 Å². The van der Waals surface area contributed by atoms with Crippen molar-refractivity contribution in [2.75, 3.05) is 6.54 Å². The second-order valence-corrected chi connectivity index (χ2v) is 4.85. The summed E-state index contributed by atoms with van der Waals surface area (Å²) in [4.78, 5) is 0. The van der Waals surface area contributed by atoms with E-state index in [1.54, 1.807) is 16.8 Å². The molecule has 20 heavy (non-hydrogen) atoms. The minimum atomic E-state index is -0.243. The molecule has 2 rings (SSSR count). The molecular weight excluding hydrogens is 257 g/mol. The first kappa shape index (κ1) is 14.6. The molecular formula is C14H20FN5. The molecule has 0 amide bonds. The molecule has 5 nitrogen and oxygen atoms in total. The van der Waals surface area contributed by atoms with Gasteiger partial charge in [-0.1, -0.05) is 25.1 Å². The van der Waals surface area contributed by atoms with E-state index < -0.39 is 0 Å². The molecule has 0 aliphatic rings. The fourth-order valence-corrected chi connectivity index (χ4v) is 2.16. The Kier molecular flexibility index (Phi) is 4.79. The van der Waals surface area contributed by atoms with Crippen LogP contribution in [0.4, 0.5) is 4.39 Å². The highest BCUT2D eigenvalue weighted by atomic mass is 19.1. The largest absolute Gasteiger partial charge is 0.307 e. The van der Waals surface area contributed by atoms with Crippen molar-refractivity contribution in [3.8, 4) is 0 Å². The Bertz CT molecular complexity index is 554. The van der Waals surface area contributed by atoms with E-state index in [1.807, 2.05) is 19.9 Å². The van der Waals surface area contributed by atoms with E-state index in [9.17, 15) is 4.39 Å². The average molecular weight is 277 g/mol. The standard InChI is InChI=1S/C14H20FN5/c1-4-9-16-10(2)14-17-18-19-20(14)11(3)12-7-5-6-8-13(12)15/h5-8,10-11,16H,4,9H2,1-3H3. The van der Waals surface area contributed by atoms with Crippen LogP contribution in [0, 0.1) is 5.82 Å². The molecule has 2 unspecified atom stereocenters. The number of halogens is 1. The zero-order valence-corrected chi connectivity index (χ0v) is 12.0. The van der Waals surface area contributed by atoms with Crippen molar-refractivity contribution >= 4 is 0 Å². The Morgan fingerprint density at radius 3 is 2.75 bits per heavy atom. The molecule has 0 spiro atoms. The fourth-order valence-electron chi connectivity index (χ4n) is 2.16. The van der Waals surface area contributed by atoms with Crippen molar-refractivity contribution in [3.63, 3.8) is 0 Å². The van der Waals surface area contributed by atoms with E-state index in [-0.39, 0.29) is 17.9 Å². The molecule has 2 aromatic rings. The van der Waals surface area contributed by atoms with E-state index in [0.717, 1.165) is 13.0 Å². The van der Waals surface area contributed by atoms with Gasteiger partial charge in [-0.05, 0) is 43.3 Å². The summed E-state index contributed by atoms with van der Waals surface area (Å²) >= 11 is 0. The molecule has 0 radical (unpaired) electrons.